The lowest BCUT2D eigenvalue weighted by atomic mass is 9.33. The van der Waals surface area contributed by atoms with E-state index in [1.165, 1.54) is 5.56 Å². The fourth-order valence-electron chi connectivity index (χ4n) is 3.57. The maximum absolute atomic E-state index is 12.4. The first-order chi connectivity index (χ1) is 10.0. The summed E-state index contributed by atoms with van der Waals surface area (Å²) in [6.45, 7) is 0.301. The Bertz CT molecular complexity index is 575. The van der Waals surface area contributed by atoms with Crippen LogP contribution in [0.4, 0.5) is 4.39 Å². The second-order valence-electron chi connectivity index (χ2n) is 6.24. The lowest BCUT2D eigenvalue weighted by molar-refractivity contribution is -0.172. The highest BCUT2D eigenvalue weighted by molar-refractivity contribution is 5.86. The summed E-state index contributed by atoms with van der Waals surface area (Å²) in [4.78, 5) is 11.3. The van der Waals surface area contributed by atoms with E-state index in [-0.39, 0.29) is 29.9 Å². The molecule has 0 saturated heterocycles. The van der Waals surface area contributed by atoms with Crippen LogP contribution in [0.25, 0.3) is 0 Å². The third-order valence-corrected chi connectivity index (χ3v) is 4.86. The van der Waals surface area contributed by atoms with E-state index in [1.807, 2.05) is 24.3 Å². The molecular formula is C16H19FN2O2. The molecule has 21 heavy (non-hydrogen) atoms. The molecule has 4 N–H and O–H groups in total. The van der Waals surface area contributed by atoms with Crippen molar-refractivity contribution >= 4 is 5.91 Å². The van der Waals surface area contributed by atoms with E-state index >= 15 is 0 Å². The molecule has 1 amide bonds. The van der Waals surface area contributed by atoms with Crippen LogP contribution >= 0.6 is 0 Å². The molecule has 0 spiro atoms. The third kappa shape index (κ3) is 2.12. The maximum Gasteiger partial charge on any atom is 0.223 e. The molecule has 5 heteroatoms. The van der Waals surface area contributed by atoms with Crippen LogP contribution in [-0.4, -0.2) is 19.1 Å². The normalized spacial score (nSPS) is 30.3. The molecule has 3 aliphatic rings. The van der Waals surface area contributed by atoms with E-state index in [4.69, 9.17) is 16.2 Å². The monoisotopic (exact) mass is 290 g/mol. The molecule has 0 atom stereocenters. The number of hydrogen-bond donors (Lipinski definition) is 2. The van der Waals surface area contributed by atoms with Crippen LogP contribution in [0.15, 0.2) is 36.2 Å². The lowest BCUT2D eigenvalue weighted by Gasteiger charge is -2.69. The molecule has 0 radical (unpaired) electrons. The van der Waals surface area contributed by atoms with Crippen molar-refractivity contribution in [2.24, 2.45) is 16.9 Å². The van der Waals surface area contributed by atoms with Gasteiger partial charge >= 0.3 is 0 Å². The minimum absolute atomic E-state index is 0.134. The van der Waals surface area contributed by atoms with Gasteiger partial charge in [-0.1, -0.05) is 12.1 Å². The molecule has 3 fully saturated rings. The van der Waals surface area contributed by atoms with Gasteiger partial charge in [0.05, 0.1) is 11.7 Å². The number of primary amides is 1. The minimum atomic E-state index is -0.239. The van der Waals surface area contributed by atoms with Gasteiger partial charge < -0.3 is 16.2 Å². The van der Waals surface area contributed by atoms with E-state index < -0.39 is 0 Å². The summed E-state index contributed by atoms with van der Waals surface area (Å²) in [7, 11) is 0. The molecule has 4 nitrogen and oxygen atoms in total. The van der Waals surface area contributed by atoms with Gasteiger partial charge in [-0.3, -0.25) is 4.79 Å². The number of carbonyl (C=O) groups excluding carboxylic acids is 1. The molecule has 1 aromatic carbocycles. The van der Waals surface area contributed by atoms with Crippen molar-refractivity contribution in [2.45, 2.75) is 24.7 Å². The summed E-state index contributed by atoms with van der Waals surface area (Å²) in [6, 6.07) is 7.78. The molecule has 4 rings (SSSR count). The van der Waals surface area contributed by atoms with Gasteiger partial charge in [0.1, 0.15) is 12.4 Å². The number of halogens is 1. The quantitative estimate of drug-likeness (QED) is 0.838. The van der Waals surface area contributed by atoms with E-state index in [9.17, 15) is 9.18 Å². The highest BCUT2D eigenvalue weighted by Gasteiger charge is 2.71. The van der Waals surface area contributed by atoms with Crippen molar-refractivity contribution in [1.82, 2.24) is 0 Å². The summed E-state index contributed by atoms with van der Waals surface area (Å²) >= 11 is 0. The largest absolute Gasteiger partial charge is 0.489 e. The molecule has 0 heterocycles. The Balaban J connectivity index is 1.60. The smallest absolute Gasteiger partial charge is 0.223 e. The van der Waals surface area contributed by atoms with Crippen molar-refractivity contribution < 1.29 is 13.9 Å². The second kappa shape index (κ2) is 4.84. The summed E-state index contributed by atoms with van der Waals surface area (Å²) in [5, 5.41) is 0. The number of carbonyl (C=O) groups is 1. The van der Waals surface area contributed by atoms with Crippen LogP contribution in [0.3, 0.4) is 0 Å². The highest BCUT2D eigenvalue weighted by Crippen LogP contribution is 2.73. The summed E-state index contributed by atoms with van der Waals surface area (Å²) in [5.41, 5.74) is 12.3. The van der Waals surface area contributed by atoms with Gasteiger partial charge in [-0.2, -0.15) is 0 Å². The average molecular weight is 290 g/mol. The van der Waals surface area contributed by atoms with Crippen molar-refractivity contribution in [2.75, 3.05) is 13.2 Å². The zero-order chi connectivity index (χ0) is 15.1. The zero-order valence-electron chi connectivity index (χ0n) is 11.8. The second-order valence-corrected chi connectivity index (χ2v) is 6.24. The molecule has 3 aliphatic carbocycles. The molecule has 112 valence electrons. The van der Waals surface area contributed by atoms with Gasteiger partial charge in [0.15, 0.2) is 0 Å². The molecule has 1 aromatic rings. The van der Waals surface area contributed by atoms with Gasteiger partial charge in [-0.05, 0) is 42.4 Å². The third-order valence-electron chi connectivity index (χ3n) is 4.86. The fourth-order valence-corrected chi connectivity index (χ4v) is 3.57. The van der Waals surface area contributed by atoms with E-state index in [2.05, 4.69) is 0 Å². The first-order valence-electron chi connectivity index (χ1n) is 7.05. The van der Waals surface area contributed by atoms with Crippen LogP contribution in [0.5, 0.6) is 5.75 Å². The molecule has 0 aliphatic heterocycles. The van der Waals surface area contributed by atoms with Crippen LogP contribution in [0.2, 0.25) is 0 Å². The Morgan fingerprint density at radius 1 is 1.29 bits per heavy atom. The van der Waals surface area contributed by atoms with Crippen LogP contribution in [-0.2, 0) is 10.2 Å². The number of hydrogen-bond acceptors (Lipinski definition) is 3. The van der Waals surface area contributed by atoms with Crippen molar-refractivity contribution in [3.63, 3.8) is 0 Å². The topological polar surface area (TPSA) is 78.3 Å². The van der Waals surface area contributed by atoms with E-state index in [0.29, 0.717) is 17.7 Å². The Kier molecular flexibility index (Phi) is 3.24. The van der Waals surface area contributed by atoms with Crippen molar-refractivity contribution in [3.8, 4) is 5.75 Å². The maximum atomic E-state index is 12.4. The number of nitrogens with two attached hydrogens (primary N) is 2. The van der Waals surface area contributed by atoms with Crippen molar-refractivity contribution in [3.05, 3.63) is 41.7 Å². The predicted octanol–water partition coefficient (Wildman–Crippen LogP) is 1.78. The summed E-state index contributed by atoms with van der Waals surface area (Å²) in [5.74, 6) is 0.513. The Hall–Kier alpha value is -1.88. The van der Waals surface area contributed by atoms with Crippen LogP contribution in [0.1, 0.15) is 24.8 Å². The molecule has 0 aromatic heterocycles. The van der Waals surface area contributed by atoms with E-state index in [0.717, 1.165) is 19.3 Å². The standard InChI is InChI=1S/C16H19FN2O2/c17-5-11(6-18)7-21-13-3-1-12(2-4-13)15-8-16(9-15,10-15)14(19)20/h1-5H,6-10,18H2,(H2,19,20)/b11-5+. The first kappa shape index (κ1) is 14.1. The van der Waals surface area contributed by atoms with E-state index in [1.54, 1.807) is 0 Å². The summed E-state index contributed by atoms with van der Waals surface area (Å²) in [6.07, 6.45) is 3.06. The SMILES string of the molecule is NC/C(=C\F)COc1ccc(C23CC(C(N)=O)(C2)C3)cc1. The number of amides is 1. The lowest BCUT2D eigenvalue weighted by Crippen LogP contribution is -2.69. The van der Waals surface area contributed by atoms with Gasteiger partial charge in [-0.25, -0.2) is 4.39 Å². The minimum Gasteiger partial charge on any atom is -0.489 e. The first-order valence-corrected chi connectivity index (χ1v) is 7.05. The van der Waals surface area contributed by atoms with Gasteiger partial charge in [-0.15, -0.1) is 0 Å². The molecule has 2 bridgehead atoms. The molecule has 3 saturated carbocycles. The van der Waals surface area contributed by atoms with Crippen LogP contribution < -0.4 is 16.2 Å². The predicted molar refractivity (Wildman–Crippen MR) is 77.3 cm³/mol. The van der Waals surface area contributed by atoms with Gasteiger partial charge in [0, 0.05) is 12.1 Å². The highest BCUT2D eigenvalue weighted by atomic mass is 19.1. The summed E-state index contributed by atoms with van der Waals surface area (Å²) < 4.78 is 17.9. The number of benzene rings is 1. The van der Waals surface area contributed by atoms with Gasteiger partial charge in [0.25, 0.3) is 0 Å². The molecule has 0 unspecified atom stereocenters. The fraction of sp³-hybridized carbons (Fsp3) is 0.438. The zero-order valence-corrected chi connectivity index (χ0v) is 11.8. The molecular weight excluding hydrogens is 271 g/mol. The number of ether oxygens (including phenoxy) is 1. The van der Waals surface area contributed by atoms with Crippen LogP contribution in [0, 0.1) is 5.41 Å². The Morgan fingerprint density at radius 2 is 1.90 bits per heavy atom. The number of rotatable bonds is 6. The van der Waals surface area contributed by atoms with Gasteiger partial charge in [0.2, 0.25) is 5.91 Å². The Labute approximate surface area is 122 Å². The van der Waals surface area contributed by atoms with Crippen molar-refractivity contribution in [1.29, 1.82) is 0 Å². The Morgan fingerprint density at radius 3 is 2.38 bits per heavy atom. The average Bonchev–Trinajstić information content (AvgIpc) is 2.38.